The van der Waals surface area contributed by atoms with Crippen LogP contribution in [0, 0.1) is 0 Å². The minimum absolute atomic E-state index is 0.0853. The smallest absolute Gasteiger partial charge is 0.303 e. The lowest BCUT2D eigenvalue weighted by molar-refractivity contribution is -0.137. The highest BCUT2D eigenvalue weighted by Crippen LogP contribution is 2.19. The van der Waals surface area contributed by atoms with Crippen molar-refractivity contribution in [2.24, 2.45) is 5.73 Å². The summed E-state index contributed by atoms with van der Waals surface area (Å²) >= 11 is 0. The van der Waals surface area contributed by atoms with Gasteiger partial charge in [-0.1, -0.05) is 0 Å². The van der Waals surface area contributed by atoms with Gasteiger partial charge >= 0.3 is 5.97 Å². The van der Waals surface area contributed by atoms with Crippen LogP contribution in [0.1, 0.15) is 37.0 Å². The van der Waals surface area contributed by atoms with Crippen molar-refractivity contribution in [2.45, 2.75) is 32.7 Å². The number of anilines is 1. The minimum atomic E-state index is -0.833. The van der Waals surface area contributed by atoms with Crippen LogP contribution < -0.4 is 10.6 Å². The van der Waals surface area contributed by atoms with Gasteiger partial charge in [0.1, 0.15) is 5.82 Å². The van der Waals surface area contributed by atoms with E-state index in [2.05, 4.69) is 4.98 Å². The van der Waals surface area contributed by atoms with E-state index in [0.717, 1.165) is 0 Å². The van der Waals surface area contributed by atoms with Crippen molar-refractivity contribution >= 4 is 17.7 Å². The Morgan fingerprint density at radius 1 is 1.47 bits per heavy atom. The molecular formula is C13H19N3O3. The number of carbonyl (C=O) groups excluding carboxylic acids is 1. The van der Waals surface area contributed by atoms with E-state index < -0.39 is 11.9 Å². The van der Waals surface area contributed by atoms with Gasteiger partial charge in [0.05, 0.1) is 5.56 Å². The van der Waals surface area contributed by atoms with Crippen molar-refractivity contribution in [3.8, 4) is 0 Å². The van der Waals surface area contributed by atoms with E-state index in [1.165, 1.54) is 0 Å². The Hall–Kier alpha value is -2.11. The van der Waals surface area contributed by atoms with Crippen LogP contribution in [0.2, 0.25) is 0 Å². The van der Waals surface area contributed by atoms with Crippen LogP contribution in [-0.2, 0) is 4.79 Å². The number of amides is 1. The molecule has 6 nitrogen and oxygen atoms in total. The average Bonchev–Trinajstić information content (AvgIpc) is 2.34. The van der Waals surface area contributed by atoms with Crippen LogP contribution in [0.5, 0.6) is 0 Å². The first-order chi connectivity index (χ1) is 8.93. The fourth-order valence-corrected chi connectivity index (χ4v) is 1.83. The summed E-state index contributed by atoms with van der Waals surface area (Å²) in [4.78, 5) is 28.0. The highest BCUT2D eigenvalue weighted by molar-refractivity contribution is 5.97. The quantitative estimate of drug-likeness (QED) is 0.773. The molecule has 0 aliphatic rings. The van der Waals surface area contributed by atoms with E-state index >= 15 is 0 Å². The van der Waals surface area contributed by atoms with Gasteiger partial charge in [0.2, 0.25) is 0 Å². The Balaban J connectivity index is 2.93. The summed E-state index contributed by atoms with van der Waals surface area (Å²) in [6.07, 6.45) is 2.17. The largest absolute Gasteiger partial charge is 0.481 e. The molecule has 0 saturated heterocycles. The lowest BCUT2D eigenvalue weighted by Gasteiger charge is -2.28. The molecule has 1 heterocycles. The van der Waals surface area contributed by atoms with Gasteiger partial charge in [-0.3, -0.25) is 9.59 Å². The molecule has 1 aromatic heterocycles. The molecule has 3 N–H and O–H groups in total. The van der Waals surface area contributed by atoms with Crippen molar-refractivity contribution in [3.05, 3.63) is 23.9 Å². The van der Waals surface area contributed by atoms with E-state index in [4.69, 9.17) is 10.8 Å². The summed E-state index contributed by atoms with van der Waals surface area (Å²) in [6.45, 7) is 4.43. The predicted molar refractivity (Wildman–Crippen MR) is 72.1 cm³/mol. The molecule has 104 valence electrons. The third kappa shape index (κ3) is 4.24. The lowest BCUT2D eigenvalue weighted by atomic mass is 10.2. The van der Waals surface area contributed by atoms with Crippen LogP contribution in [0.15, 0.2) is 18.3 Å². The Morgan fingerprint density at radius 2 is 2.16 bits per heavy atom. The van der Waals surface area contributed by atoms with Crippen molar-refractivity contribution in [2.75, 3.05) is 11.4 Å². The van der Waals surface area contributed by atoms with Crippen molar-refractivity contribution in [1.82, 2.24) is 4.98 Å². The molecule has 0 radical (unpaired) electrons. The molecule has 0 saturated carbocycles. The third-order valence-electron chi connectivity index (χ3n) is 2.74. The predicted octanol–water partition coefficient (Wildman–Crippen LogP) is 1.26. The van der Waals surface area contributed by atoms with Crippen LogP contribution in [0.25, 0.3) is 0 Å². The maximum Gasteiger partial charge on any atom is 0.303 e. The molecule has 0 aromatic carbocycles. The Labute approximate surface area is 112 Å². The summed E-state index contributed by atoms with van der Waals surface area (Å²) in [5.74, 6) is -0.859. The molecule has 0 aliphatic carbocycles. The number of rotatable bonds is 7. The minimum Gasteiger partial charge on any atom is -0.481 e. The van der Waals surface area contributed by atoms with Crippen molar-refractivity contribution in [3.63, 3.8) is 0 Å². The zero-order valence-corrected chi connectivity index (χ0v) is 11.2. The van der Waals surface area contributed by atoms with Crippen LogP contribution in [-0.4, -0.2) is 34.6 Å². The summed E-state index contributed by atoms with van der Waals surface area (Å²) in [5.41, 5.74) is 5.68. The molecule has 0 aliphatic heterocycles. The molecule has 0 spiro atoms. The molecule has 6 heteroatoms. The first-order valence-corrected chi connectivity index (χ1v) is 6.16. The highest BCUT2D eigenvalue weighted by Gasteiger charge is 2.18. The second kappa shape index (κ2) is 6.72. The summed E-state index contributed by atoms with van der Waals surface area (Å²) in [7, 11) is 0. The van der Waals surface area contributed by atoms with Crippen LogP contribution in [0.3, 0.4) is 0 Å². The van der Waals surface area contributed by atoms with Gasteiger partial charge < -0.3 is 15.7 Å². The first-order valence-electron chi connectivity index (χ1n) is 6.16. The van der Waals surface area contributed by atoms with Crippen molar-refractivity contribution < 1.29 is 14.7 Å². The Bertz CT molecular complexity index is 460. The monoisotopic (exact) mass is 265 g/mol. The topological polar surface area (TPSA) is 96.5 Å². The number of hydrogen-bond acceptors (Lipinski definition) is 4. The summed E-state index contributed by atoms with van der Waals surface area (Å²) < 4.78 is 0. The van der Waals surface area contributed by atoms with Gasteiger partial charge in [-0.05, 0) is 32.4 Å². The number of carboxylic acid groups (broad SMARTS) is 1. The van der Waals surface area contributed by atoms with Gasteiger partial charge in [-0.15, -0.1) is 0 Å². The summed E-state index contributed by atoms with van der Waals surface area (Å²) in [5, 5.41) is 8.67. The molecule has 19 heavy (non-hydrogen) atoms. The van der Waals surface area contributed by atoms with E-state index in [-0.39, 0.29) is 12.5 Å². The van der Waals surface area contributed by atoms with Gasteiger partial charge in [-0.2, -0.15) is 0 Å². The first kappa shape index (κ1) is 14.9. The Morgan fingerprint density at radius 3 is 2.68 bits per heavy atom. The number of hydrogen-bond donors (Lipinski definition) is 2. The van der Waals surface area contributed by atoms with Gasteiger partial charge in [0, 0.05) is 25.2 Å². The maximum atomic E-state index is 11.4. The maximum absolute atomic E-state index is 11.4. The molecular weight excluding hydrogens is 246 g/mol. The lowest BCUT2D eigenvalue weighted by Crippen LogP contribution is -2.34. The SMILES string of the molecule is CC(C)N(CCCC(=O)O)c1ncccc1C(N)=O. The van der Waals surface area contributed by atoms with Crippen molar-refractivity contribution in [1.29, 1.82) is 0 Å². The second-order valence-corrected chi connectivity index (χ2v) is 4.52. The number of carbonyl (C=O) groups is 2. The van der Waals surface area contributed by atoms with Gasteiger partial charge in [0.25, 0.3) is 5.91 Å². The summed E-state index contributed by atoms with van der Waals surface area (Å²) in [6, 6.07) is 3.37. The highest BCUT2D eigenvalue weighted by atomic mass is 16.4. The zero-order chi connectivity index (χ0) is 14.4. The number of carboxylic acids is 1. The van der Waals surface area contributed by atoms with E-state index in [1.54, 1.807) is 18.3 Å². The molecule has 0 fully saturated rings. The van der Waals surface area contributed by atoms with Crippen LogP contribution >= 0.6 is 0 Å². The molecule has 0 atom stereocenters. The van der Waals surface area contributed by atoms with E-state index in [9.17, 15) is 9.59 Å². The third-order valence-corrected chi connectivity index (χ3v) is 2.74. The van der Waals surface area contributed by atoms with E-state index in [1.807, 2.05) is 18.7 Å². The number of nitrogens with zero attached hydrogens (tertiary/aromatic N) is 2. The molecule has 1 amide bonds. The number of pyridine rings is 1. The number of nitrogens with two attached hydrogens (primary N) is 1. The zero-order valence-electron chi connectivity index (χ0n) is 11.2. The van der Waals surface area contributed by atoms with E-state index in [0.29, 0.717) is 24.3 Å². The molecule has 0 unspecified atom stereocenters. The molecule has 1 rings (SSSR count). The average molecular weight is 265 g/mol. The van der Waals surface area contributed by atoms with Gasteiger partial charge in [0.15, 0.2) is 0 Å². The molecule has 1 aromatic rings. The fraction of sp³-hybridized carbons (Fsp3) is 0.462. The second-order valence-electron chi connectivity index (χ2n) is 4.52. The number of aromatic nitrogens is 1. The normalized spacial score (nSPS) is 10.5. The number of aliphatic carboxylic acids is 1. The Kier molecular flexibility index (Phi) is 5.29. The fourth-order valence-electron chi connectivity index (χ4n) is 1.83. The standard InChI is InChI=1S/C13H19N3O3/c1-9(2)16(8-4-6-11(17)18)13-10(12(14)19)5-3-7-15-13/h3,5,7,9H,4,6,8H2,1-2H3,(H2,14,19)(H,17,18). The van der Waals surface area contributed by atoms with Gasteiger partial charge in [-0.25, -0.2) is 4.98 Å². The number of primary amides is 1. The van der Waals surface area contributed by atoms with Crippen LogP contribution in [0.4, 0.5) is 5.82 Å². The molecule has 0 bridgehead atoms.